The van der Waals surface area contributed by atoms with E-state index in [0.29, 0.717) is 12.8 Å². The number of amides is 3. The van der Waals surface area contributed by atoms with Crippen molar-refractivity contribution in [3.63, 3.8) is 0 Å². The SMILES string of the molecule is CCC(C)C(NC(=O)C(N)Cc1c[nH]c2ccccc12)C(=O)NC(Cc1c[nH]c2ccccc12)C(=O)NC(CCCN=C(N)N)C(=O)O. The van der Waals surface area contributed by atoms with Gasteiger partial charge < -0.3 is 48.2 Å². The molecule has 12 N–H and O–H groups in total. The number of carboxylic acid groups (broad SMARTS) is 1. The Hall–Kier alpha value is -5.37. The highest BCUT2D eigenvalue weighted by atomic mass is 16.4. The highest BCUT2D eigenvalue weighted by Crippen LogP contribution is 2.21. The summed E-state index contributed by atoms with van der Waals surface area (Å²) in [5.74, 6) is -3.45. The number of fused-ring (bicyclic) bond motifs is 2. The van der Waals surface area contributed by atoms with Gasteiger partial charge >= 0.3 is 5.97 Å². The van der Waals surface area contributed by atoms with E-state index in [-0.39, 0.29) is 37.7 Å². The fourth-order valence-electron chi connectivity index (χ4n) is 5.62. The largest absolute Gasteiger partial charge is 0.480 e. The van der Waals surface area contributed by atoms with Crippen LogP contribution in [0.15, 0.2) is 65.9 Å². The number of hydrogen-bond donors (Lipinski definition) is 9. The second kappa shape index (κ2) is 16.5. The number of carbonyl (C=O) groups excluding carboxylic acids is 3. The van der Waals surface area contributed by atoms with Gasteiger partial charge in [0, 0.05) is 47.2 Å². The first-order valence-corrected chi connectivity index (χ1v) is 16.0. The Balaban J connectivity index is 1.52. The number of rotatable bonds is 17. The van der Waals surface area contributed by atoms with E-state index < -0.39 is 47.9 Å². The van der Waals surface area contributed by atoms with Crippen LogP contribution in [-0.4, -0.2) is 75.4 Å². The molecule has 256 valence electrons. The van der Waals surface area contributed by atoms with Crippen molar-refractivity contribution >= 4 is 51.5 Å². The van der Waals surface area contributed by atoms with Crippen LogP contribution in [0.3, 0.4) is 0 Å². The van der Waals surface area contributed by atoms with Gasteiger partial charge in [0.2, 0.25) is 17.7 Å². The zero-order valence-electron chi connectivity index (χ0n) is 27.2. The third-order valence-corrected chi connectivity index (χ3v) is 8.54. The molecule has 3 amide bonds. The number of aliphatic imine (C=N–C) groups is 1. The van der Waals surface area contributed by atoms with E-state index in [1.807, 2.05) is 68.6 Å². The number of aromatic nitrogens is 2. The number of carbonyl (C=O) groups is 4. The van der Waals surface area contributed by atoms with Gasteiger partial charge in [-0.15, -0.1) is 0 Å². The summed E-state index contributed by atoms with van der Waals surface area (Å²) in [4.78, 5) is 63.2. The van der Waals surface area contributed by atoms with Gasteiger partial charge in [0.1, 0.15) is 18.1 Å². The van der Waals surface area contributed by atoms with Crippen molar-refractivity contribution in [2.75, 3.05) is 6.54 Å². The number of carboxylic acids is 1. The lowest BCUT2D eigenvalue weighted by Crippen LogP contribution is -2.59. The van der Waals surface area contributed by atoms with Gasteiger partial charge in [-0.1, -0.05) is 56.7 Å². The van der Waals surface area contributed by atoms with Crippen molar-refractivity contribution in [2.45, 2.75) is 70.1 Å². The topological polar surface area (TPSA) is 247 Å². The van der Waals surface area contributed by atoms with Gasteiger partial charge in [0.05, 0.1) is 6.04 Å². The molecule has 0 aliphatic heterocycles. The molecule has 0 saturated heterocycles. The van der Waals surface area contributed by atoms with Gasteiger partial charge in [0.15, 0.2) is 5.96 Å². The minimum absolute atomic E-state index is 0.0587. The fraction of sp³-hybridized carbons (Fsp3) is 0.382. The highest BCUT2D eigenvalue weighted by molar-refractivity contribution is 5.95. The van der Waals surface area contributed by atoms with Crippen LogP contribution in [0, 0.1) is 5.92 Å². The minimum atomic E-state index is -1.25. The van der Waals surface area contributed by atoms with Crippen molar-refractivity contribution in [1.29, 1.82) is 0 Å². The molecule has 4 rings (SSSR count). The molecule has 0 aliphatic carbocycles. The Morgan fingerprint density at radius 2 is 1.38 bits per heavy atom. The van der Waals surface area contributed by atoms with Gasteiger partial charge in [-0.3, -0.25) is 19.4 Å². The number of aromatic amines is 2. The van der Waals surface area contributed by atoms with E-state index in [1.165, 1.54) is 0 Å². The third-order valence-electron chi connectivity index (χ3n) is 8.54. The summed E-state index contributed by atoms with van der Waals surface area (Å²) in [5.41, 5.74) is 20.4. The number of para-hydroxylation sites is 2. The molecule has 0 fully saturated rings. The second-order valence-electron chi connectivity index (χ2n) is 12.0. The van der Waals surface area contributed by atoms with Gasteiger partial charge in [-0.05, 0) is 48.4 Å². The van der Waals surface area contributed by atoms with Crippen LogP contribution in [0.5, 0.6) is 0 Å². The van der Waals surface area contributed by atoms with Crippen LogP contribution in [-0.2, 0) is 32.0 Å². The first-order chi connectivity index (χ1) is 23.0. The Bertz CT molecular complexity index is 1760. The maximum Gasteiger partial charge on any atom is 0.326 e. The lowest BCUT2D eigenvalue weighted by atomic mass is 9.96. The van der Waals surface area contributed by atoms with Crippen molar-refractivity contribution < 1.29 is 24.3 Å². The van der Waals surface area contributed by atoms with E-state index in [4.69, 9.17) is 17.2 Å². The van der Waals surface area contributed by atoms with E-state index >= 15 is 0 Å². The van der Waals surface area contributed by atoms with Gasteiger partial charge in [-0.2, -0.15) is 0 Å². The molecule has 2 heterocycles. The number of aliphatic carboxylic acids is 1. The maximum absolute atomic E-state index is 13.9. The lowest BCUT2D eigenvalue weighted by Gasteiger charge is -2.28. The summed E-state index contributed by atoms with van der Waals surface area (Å²) in [6, 6.07) is 10.8. The average Bonchev–Trinajstić information content (AvgIpc) is 3.67. The molecule has 2 aromatic heterocycles. The number of benzene rings is 2. The van der Waals surface area contributed by atoms with Crippen LogP contribution >= 0.6 is 0 Å². The molecule has 5 atom stereocenters. The van der Waals surface area contributed by atoms with Crippen molar-refractivity contribution in [3.8, 4) is 0 Å². The highest BCUT2D eigenvalue weighted by Gasteiger charge is 2.33. The van der Waals surface area contributed by atoms with Crippen LogP contribution in [0.2, 0.25) is 0 Å². The molecule has 0 radical (unpaired) electrons. The Morgan fingerprint density at radius 1 is 0.812 bits per heavy atom. The molecule has 5 unspecified atom stereocenters. The molecule has 0 aliphatic rings. The summed E-state index contributed by atoms with van der Waals surface area (Å²) in [6.07, 6.45) is 4.78. The van der Waals surface area contributed by atoms with Crippen LogP contribution in [0.4, 0.5) is 0 Å². The zero-order valence-corrected chi connectivity index (χ0v) is 27.2. The summed E-state index contributed by atoms with van der Waals surface area (Å²) in [5, 5.41) is 19.8. The summed E-state index contributed by atoms with van der Waals surface area (Å²) in [7, 11) is 0. The van der Waals surface area contributed by atoms with Crippen molar-refractivity contribution in [3.05, 3.63) is 72.1 Å². The smallest absolute Gasteiger partial charge is 0.326 e. The number of nitrogens with two attached hydrogens (primary N) is 3. The van der Waals surface area contributed by atoms with E-state index in [2.05, 4.69) is 30.9 Å². The van der Waals surface area contributed by atoms with E-state index in [1.54, 1.807) is 6.20 Å². The molecular formula is C34H45N9O5. The Labute approximate surface area is 278 Å². The van der Waals surface area contributed by atoms with Crippen LogP contribution < -0.4 is 33.2 Å². The molecule has 0 spiro atoms. The van der Waals surface area contributed by atoms with Gasteiger partial charge in [-0.25, -0.2) is 4.79 Å². The molecule has 48 heavy (non-hydrogen) atoms. The number of nitrogens with zero attached hydrogens (tertiary/aromatic N) is 1. The predicted octanol–water partition coefficient (Wildman–Crippen LogP) is 1.40. The summed E-state index contributed by atoms with van der Waals surface area (Å²) in [6.45, 7) is 3.90. The molecule has 0 bridgehead atoms. The van der Waals surface area contributed by atoms with Crippen LogP contribution in [0.1, 0.15) is 44.2 Å². The standard InChI is InChI=1S/C34H45N9O5/c1-3-19(2)29(43-30(44)24(35)15-20-17-39-25-11-6-4-9-22(20)25)32(46)42-28(16-21-18-40-26-12-7-5-10-23(21)26)31(45)41-27(33(47)48)13-8-14-38-34(36)37/h4-7,9-12,17-19,24,27-29,39-40H,3,8,13-16,35H2,1-2H3,(H,41,45)(H,42,46)(H,43,44)(H,47,48)(H4,36,37,38). The normalized spacial score (nSPS) is 14.4. The summed E-state index contributed by atoms with van der Waals surface area (Å²) < 4.78 is 0. The second-order valence-corrected chi connectivity index (χ2v) is 12.0. The Kier molecular flexibility index (Phi) is 12.2. The van der Waals surface area contributed by atoms with E-state index in [9.17, 15) is 24.3 Å². The van der Waals surface area contributed by atoms with E-state index in [0.717, 1.165) is 32.9 Å². The number of hydrogen-bond acceptors (Lipinski definition) is 6. The third kappa shape index (κ3) is 9.12. The quantitative estimate of drug-likeness (QED) is 0.0454. The first-order valence-electron chi connectivity index (χ1n) is 16.0. The molecule has 4 aromatic rings. The molecule has 14 heteroatoms. The monoisotopic (exact) mass is 659 g/mol. The maximum atomic E-state index is 13.9. The van der Waals surface area contributed by atoms with Crippen molar-refractivity contribution in [1.82, 2.24) is 25.9 Å². The molecule has 14 nitrogen and oxygen atoms in total. The first kappa shape index (κ1) is 35.5. The lowest BCUT2D eigenvalue weighted by molar-refractivity contribution is -0.142. The molecular weight excluding hydrogens is 614 g/mol. The average molecular weight is 660 g/mol. The van der Waals surface area contributed by atoms with Gasteiger partial charge in [0.25, 0.3) is 0 Å². The molecule has 2 aromatic carbocycles. The summed E-state index contributed by atoms with van der Waals surface area (Å²) >= 11 is 0. The fourth-order valence-corrected chi connectivity index (χ4v) is 5.62. The minimum Gasteiger partial charge on any atom is -0.480 e. The zero-order chi connectivity index (χ0) is 34.8. The number of nitrogens with one attached hydrogen (secondary N) is 5. The molecule has 0 saturated carbocycles. The van der Waals surface area contributed by atoms with Crippen LogP contribution in [0.25, 0.3) is 21.8 Å². The number of guanidine groups is 1. The number of H-pyrrole nitrogens is 2. The predicted molar refractivity (Wildman–Crippen MR) is 185 cm³/mol. The van der Waals surface area contributed by atoms with Crippen molar-refractivity contribution in [2.24, 2.45) is 28.1 Å². The Morgan fingerprint density at radius 3 is 1.94 bits per heavy atom.